The molecule has 0 saturated carbocycles. The molecule has 0 aromatic rings. The van der Waals surface area contributed by atoms with Crippen molar-refractivity contribution < 1.29 is 14.3 Å². The fourth-order valence-electron chi connectivity index (χ4n) is 1.25. The highest BCUT2D eigenvalue weighted by Crippen LogP contribution is 2.14. The summed E-state index contributed by atoms with van der Waals surface area (Å²) in [6.07, 6.45) is 2.68. The van der Waals surface area contributed by atoms with Gasteiger partial charge >= 0.3 is 5.97 Å². The smallest absolute Gasteiger partial charge is 0.325 e. The molecule has 82 valence electrons. The summed E-state index contributed by atoms with van der Waals surface area (Å²) in [6.45, 7) is 4.67. The van der Waals surface area contributed by atoms with Gasteiger partial charge in [-0.3, -0.25) is 4.79 Å². The molecule has 1 aliphatic rings. The number of esters is 1. The largest absolute Gasteiger partial charge is 0.462 e. The molecule has 1 fully saturated rings. The number of rotatable bonds is 4. The number of carbonyl (C=O) groups excluding carboxylic acids is 1. The molecule has 2 unspecified atom stereocenters. The van der Waals surface area contributed by atoms with Crippen molar-refractivity contribution in [2.75, 3.05) is 13.2 Å². The van der Waals surface area contributed by atoms with Crippen LogP contribution in [-0.4, -0.2) is 30.8 Å². The molecule has 0 radical (unpaired) electrons. The summed E-state index contributed by atoms with van der Waals surface area (Å²) in [5.41, 5.74) is 4.87. The molecule has 4 nitrogen and oxygen atoms in total. The fraction of sp³-hybridized carbons (Fsp3) is 0.900. The Kier molecular flexibility index (Phi) is 3.89. The molecule has 2 atom stereocenters. The first-order valence-electron chi connectivity index (χ1n) is 5.14. The van der Waals surface area contributed by atoms with Crippen LogP contribution in [0.5, 0.6) is 0 Å². The Morgan fingerprint density at radius 2 is 2.43 bits per heavy atom. The zero-order valence-corrected chi connectivity index (χ0v) is 8.91. The molecule has 0 bridgehead atoms. The lowest BCUT2D eigenvalue weighted by Gasteiger charge is -2.21. The first kappa shape index (κ1) is 11.5. The van der Waals surface area contributed by atoms with Gasteiger partial charge in [0.1, 0.15) is 12.1 Å². The topological polar surface area (TPSA) is 61.6 Å². The van der Waals surface area contributed by atoms with Crippen molar-refractivity contribution in [1.29, 1.82) is 0 Å². The first-order chi connectivity index (χ1) is 6.56. The third-order valence-electron chi connectivity index (χ3n) is 2.63. The lowest BCUT2D eigenvalue weighted by atomic mass is 10.0. The predicted molar refractivity (Wildman–Crippen MR) is 52.8 cm³/mol. The zero-order chi connectivity index (χ0) is 10.6. The van der Waals surface area contributed by atoms with Crippen molar-refractivity contribution in [2.24, 2.45) is 5.73 Å². The maximum Gasteiger partial charge on any atom is 0.325 e. The average molecular weight is 201 g/mol. The van der Waals surface area contributed by atoms with Crippen LogP contribution in [0.3, 0.4) is 0 Å². The highest BCUT2D eigenvalue weighted by molar-refractivity contribution is 5.79. The lowest BCUT2D eigenvalue weighted by molar-refractivity contribution is -0.152. The highest BCUT2D eigenvalue weighted by Gasteiger charge is 2.29. The number of nitrogens with two attached hydrogens (primary N) is 1. The number of ether oxygens (including phenoxy) is 2. The summed E-state index contributed by atoms with van der Waals surface area (Å²) in [4.78, 5) is 11.4. The summed E-state index contributed by atoms with van der Waals surface area (Å²) in [7, 11) is 0. The summed E-state index contributed by atoms with van der Waals surface area (Å²) >= 11 is 0. The van der Waals surface area contributed by atoms with Crippen molar-refractivity contribution in [3.63, 3.8) is 0 Å². The Balaban J connectivity index is 2.26. The molecule has 1 saturated heterocycles. The molecule has 1 aliphatic heterocycles. The number of hydrogen-bond acceptors (Lipinski definition) is 4. The predicted octanol–water partition coefficient (Wildman–Crippen LogP) is 0.836. The molecule has 0 amide bonds. The SMILES string of the molecule is CCC(C)(N)C(=O)OCC1CCCO1. The van der Waals surface area contributed by atoms with Gasteiger partial charge in [-0.05, 0) is 26.2 Å². The number of carbonyl (C=O) groups is 1. The van der Waals surface area contributed by atoms with Crippen molar-refractivity contribution >= 4 is 5.97 Å². The van der Waals surface area contributed by atoms with E-state index in [1.807, 2.05) is 6.92 Å². The molecule has 1 rings (SSSR count). The van der Waals surface area contributed by atoms with Gasteiger partial charge in [-0.2, -0.15) is 0 Å². The Hall–Kier alpha value is -0.610. The van der Waals surface area contributed by atoms with E-state index in [-0.39, 0.29) is 12.1 Å². The van der Waals surface area contributed by atoms with Gasteiger partial charge in [0, 0.05) is 6.61 Å². The van der Waals surface area contributed by atoms with Crippen LogP contribution < -0.4 is 5.73 Å². The third-order valence-corrected chi connectivity index (χ3v) is 2.63. The van der Waals surface area contributed by atoms with Crippen molar-refractivity contribution in [2.45, 2.75) is 44.8 Å². The third kappa shape index (κ3) is 2.96. The summed E-state index contributed by atoms with van der Waals surface area (Å²) < 4.78 is 10.4. The zero-order valence-electron chi connectivity index (χ0n) is 8.91. The van der Waals surface area contributed by atoms with Crippen LogP contribution in [0.2, 0.25) is 0 Å². The van der Waals surface area contributed by atoms with Crippen LogP contribution in [0, 0.1) is 0 Å². The minimum Gasteiger partial charge on any atom is -0.462 e. The van der Waals surface area contributed by atoms with Gasteiger partial charge in [-0.25, -0.2) is 0 Å². The molecule has 2 N–H and O–H groups in total. The van der Waals surface area contributed by atoms with Gasteiger partial charge in [0.25, 0.3) is 0 Å². The Bertz CT molecular complexity index is 198. The van der Waals surface area contributed by atoms with E-state index in [2.05, 4.69) is 0 Å². The fourth-order valence-corrected chi connectivity index (χ4v) is 1.25. The van der Waals surface area contributed by atoms with Crippen LogP contribution in [-0.2, 0) is 14.3 Å². The van der Waals surface area contributed by atoms with Crippen LogP contribution >= 0.6 is 0 Å². The van der Waals surface area contributed by atoms with Crippen molar-refractivity contribution in [1.82, 2.24) is 0 Å². The second-order valence-electron chi connectivity index (χ2n) is 4.00. The van der Waals surface area contributed by atoms with Crippen LogP contribution in [0.15, 0.2) is 0 Å². The van der Waals surface area contributed by atoms with E-state index in [0.717, 1.165) is 19.4 Å². The second kappa shape index (κ2) is 4.75. The summed E-state index contributed by atoms with van der Waals surface area (Å²) in [5, 5.41) is 0. The van der Waals surface area contributed by atoms with Gasteiger partial charge < -0.3 is 15.2 Å². The molecule has 0 aliphatic carbocycles. The first-order valence-corrected chi connectivity index (χ1v) is 5.14. The monoisotopic (exact) mass is 201 g/mol. The van der Waals surface area contributed by atoms with E-state index < -0.39 is 5.54 Å². The molecular formula is C10H19NO3. The summed E-state index contributed by atoms with van der Waals surface area (Å²) in [5.74, 6) is -0.338. The van der Waals surface area contributed by atoms with Gasteiger partial charge in [0.2, 0.25) is 0 Å². The Labute approximate surface area is 84.7 Å². The van der Waals surface area contributed by atoms with Gasteiger partial charge in [-0.1, -0.05) is 6.92 Å². The molecule has 1 heterocycles. The highest BCUT2D eigenvalue weighted by atomic mass is 16.6. The quantitative estimate of drug-likeness (QED) is 0.684. The van der Waals surface area contributed by atoms with E-state index in [1.54, 1.807) is 6.92 Å². The summed E-state index contributed by atoms with van der Waals surface area (Å²) in [6, 6.07) is 0. The molecule has 14 heavy (non-hydrogen) atoms. The minimum absolute atomic E-state index is 0.0756. The van der Waals surface area contributed by atoms with E-state index >= 15 is 0 Å². The van der Waals surface area contributed by atoms with Gasteiger partial charge in [-0.15, -0.1) is 0 Å². The van der Waals surface area contributed by atoms with Crippen LogP contribution in [0.4, 0.5) is 0 Å². The normalized spacial score (nSPS) is 25.8. The van der Waals surface area contributed by atoms with E-state index in [4.69, 9.17) is 15.2 Å². The maximum atomic E-state index is 11.4. The standard InChI is InChI=1S/C10H19NO3/c1-3-10(2,11)9(12)14-7-8-5-4-6-13-8/h8H,3-7,11H2,1-2H3. The van der Waals surface area contributed by atoms with Gasteiger partial charge in [0.05, 0.1) is 6.10 Å². The second-order valence-corrected chi connectivity index (χ2v) is 4.00. The Morgan fingerprint density at radius 3 is 2.93 bits per heavy atom. The minimum atomic E-state index is -0.862. The maximum absolute atomic E-state index is 11.4. The van der Waals surface area contributed by atoms with E-state index in [1.165, 1.54) is 0 Å². The number of hydrogen-bond donors (Lipinski definition) is 1. The van der Waals surface area contributed by atoms with Crippen molar-refractivity contribution in [3.8, 4) is 0 Å². The van der Waals surface area contributed by atoms with Crippen LogP contribution in [0.25, 0.3) is 0 Å². The van der Waals surface area contributed by atoms with Crippen molar-refractivity contribution in [3.05, 3.63) is 0 Å². The lowest BCUT2D eigenvalue weighted by Crippen LogP contribution is -2.46. The molecule has 0 aromatic carbocycles. The molecule has 4 heteroatoms. The molecular weight excluding hydrogens is 182 g/mol. The average Bonchev–Trinajstić information content (AvgIpc) is 2.66. The molecule has 0 spiro atoms. The molecule has 0 aromatic heterocycles. The van der Waals surface area contributed by atoms with E-state index in [9.17, 15) is 4.79 Å². The van der Waals surface area contributed by atoms with Crippen LogP contribution in [0.1, 0.15) is 33.1 Å². The van der Waals surface area contributed by atoms with Gasteiger partial charge in [0.15, 0.2) is 0 Å². The van der Waals surface area contributed by atoms with E-state index in [0.29, 0.717) is 13.0 Å². The Morgan fingerprint density at radius 1 is 1.71 bits per heavy atom.